The van der Waals surface area contributed by atoms with Gasteiger partial charge in [-0.25, -0.2) is 0 Å². The van der Waals surface area contributed by atoms with E-state index in [0.29, 0.717) is 0 Å². The van der Waals surface area contributed by atoms with Gasteiger partial charge in [0.1, 0.15) is 0 Å². The molecule has 11 heavy (non-hydrogen) atoms. The van der Waals surface area contributed by atoms with Gasteiger partial charge in [-0.1, -0.05) is 12.8 Å². The van der Waals surface area contributed by atoms with Crippen molar-refractivity contribution in [3.05, 3.63) is 0 Å². The van der Waals surface area contributed by atoms with Gasteiger partial charge in [0, 0.05) is 6.04 Å². The molecule has 3 N–H and O–H groups in total. The van der Waals surface area contributed by atoms with Gasteiger partial charge in [-0.05, 0) is 38.8 Å². The van der Waals surface area contributed by atoms with Gasteiger partial charge in [0.05, 0.1) is 0 Å². The summed E-state index contributed by atoms with van der Waals surface area (Å²) in [4.78, 5) is 2.70. The molecule has 2 nitrogen and oxygen atoms in total. The first-order valence-electron chi connectivity index (χ1n) is 4.71. The number of fused-ring (bicyclic) bond motifs is 1. The second kappa shape index (κ2) is 4.07. The van der Waals surface area contributed by atoms with Crippen LogP contribution in [0.3, 0.4) is 0 Å². The molecule has 2 heterocycles. The van der Waals surface area contributed by atoms with Gasteiger partial charge in [0.25, 0.3) is 0 Å². The Morgan fingerprint density at radius 2 is 1.36 bits per heavy atom. The van der Waals surface area contributed by atoms with E-state index in [2.05, 4.69) is 4.90 Å². The van der Waals surface area contributed by atoms with Crippen LogP contribution in [0.1, 0.15) is 38.5 Å². The highest BCUT2D eigenvalue weighted by atomic mass is 15.2. The predicted octanol–water partition coefficient (Wildman–Crippen LogP) is 2.19. The summed E-state index contributed by atoms with van der Waals surface area (Å²) in [5.74, 6) is 0. The van der Waals surface area contributed by atoms with Crippen LogP contribution in [0, 0.1) is 0 Å². The van der Waals surface area contributed by atoms with E-state index in [4.69, 9.17) is 0 Å². The second-order valence-electron chi connectivity index (χ2n) is 3.68. The van der Waals surface area contributed by atoms with E-state index >= 15 is 0 Å². The molecule has 0 aromatic heterocycles. The summed E-state index contributed by atoms with van der Waals surface area (Å²) in [6.45, 7) is 2.79. The fraction of sp³-hybridized carbons (Fsp3) is 1.00. The van der Waals surface area contributed by atoms with E-state index in [9.17, 15) is 0 Å². The van der Waals surface area contributed by atoms with Crippen molar-refractivity contribution in [2.24, 2.45) is 0 Å². The van der Waals surface area contributed by atoms with Crippen LogP contribution in [-0.2, 0) is 0 Å². The molecule has 0 bridgehead atoms. The molecule has 0 radical (unpaired) electrons. The van der Waals surface area contributed by atoms with Crippen molar-refractivity contribution < 1.29 is 0 Å². The predicted molar refractivity (Wildman–Crippen MR) is 48.1 cm³/mol. The molecule has 0 aliphatic carbocycles. The average molecular weight is 156 g/mol. The average Bonchev–Trinajstić information content (AvgIpc) is 2.05. The van der Waals surface area contributed by atoms with Crippen molar-refractivity contribution in [3.63, 3.8) is 0 Å². The van der Waals surface area contributed by atoms with Crippen LogP contribution >= 0.6 is 0 Å². The maximum Gasteiger partial charge on any atom is 0.00952 e. The lowest BCUT2D eigenvalue weighted by atomic mass is 9.93. The Kier molecular flexibility index (Phi) is 3.34. The molecule has 0 atom stereocenters. The third-order valence-corrected chi connectivity index (χ3v) is 2.98. The molecule has 2 aliphatic rings. The molecule has 2 rings (SSSR count). The van der Waals surface area contributed by atoms with Crippen LogP contribution in [0.15, 0.2) is 0 Å². The van der Waals surface area contributed by atoms with Gasteiger partial charge < -0.3 is 11.1 Å². The highest BCUT2D eigenvalue weighted by Gasteiger charge is 2.24. The second-order valence-corrected chi connectivity index (χ2v) is 3.68. The van der Waals surface area contributed by atoms with Crippen molar-refractivity contribution in [3.8, 4) is 0 Å². The van der Waals surface area contributed by atoms with Gasteiger partial charge in [-0.15, -0.1) is 0 Å². The zero-order valence-corrected chi connectivity index (χ0v) is 7.39. The molecule has 0 unspecified atom stereocenters. The van der Waals surface area contributed by atoms with Crippen molar-refractivity contribution in [2.75, 3.05) is 13.1 Å². The Balaban J connectivity index is 0.000000605. The fourth-order valence-electron chi connectivity index (χ4n) is 2.38. The molecule has 66 valence electrons. The molecule has 0 aromatic rings. The zero-order chi connectivity index (χ0) is 6.81. The van der Waals surface area contributed by atoms with E-state index in [1.165, 1.54) is 51.6 Å². The quantitative estimate of drug-likeness (QED) is 0.584. The van der Waals surface area contributed by atoms with Crippen molar-refractivity contribution in [1.29, 1.82) is 0 Å². The highest BCUT2D eigenvalue weighted by Crippen LogP contribution is 2.25. The molecular formula is C9H20N2. The topological polar surface area (TPSA) is 38.2 Å². The summed E-state index contributed by atoms with van der Waals surface area (Å²) >= 11 is 0. The van der Waals surface area contributed by atoms with Gasteiger partial charge in [-0.2, -0.15) is 0 Å². The first-order chi connectivity index (χ1) is 4.97. The Labute approximate surface area is 69.5 Å². The van der Waals surface area contributed by atoms with Crippen LogP contribution in [0.5, 0.6) is 0 Å². The number of hydrogen-bond acceptors (Lipinski definition) is 2. The zero-order valence-electron chi connectivity index (χ0n) is 7.39. The van der Waals surface area contributed by atoms with Crippen LogP contribution in [0.4, 0.5) is 0 Å². The number of hydrogen-bond donors (Lipinski definition) is 1. The number of nitrogens with zero attached hydrogens (tertiary/aromatic N) is 1. The van der Waals surface area contributed by atoms with E-state index in [1.807, 2.05) is 0 Å². The van der Waals surface area contributed by atoms with E-state index in [0.717, 1.165) is 6.04 Å². The van der Waals surface area contributed by atoms with Crippen LogP contribution in [-0.4, -0.2) is 24.0 Å². The number of piperidine rings is 2. The smallest absolute Gasteiger partial charge is 0.00952 e. The van der Waals surface area contributed by atoms with Gasteiger partial charge in [0.2, 0.25) is 0 Å². The summed E-state index contributed by atoms with van der Waals surface area (Å²) in [5, 5.41) is 0. The fourth-order valence-corrected chi connectivity index (χ4v) is 2.38. The third kappa shape index (κ3) is 1.94. The maximum absolute atomic E-state index is 2.70. The molecule has 2 aliphatic heterocycles. The van der Waals surface area contributed by atoms with E-state index < -0.39 is 0 Å². The molecular weight excluding hydrogens is 136 g/mol. The molecule has 0 aromatic carbocycles. The van der Waals surface area contributed by atoms with E-state index in [1.54, 1.807) is 0 Å². The molecule has 0 spiro atoms. The summed E-state index contributed by atoms with van der Waals surface area (Å²) < 4.78 is 0. The molecule has 2 saturated heterocycles. The SMILES string of the molecule is C1CCN2CCCCC2C1.N. The minimum atomic E-state index is 0. The van der Waals surface area contributed by atoms with Gasteiger partial charge in [-0.3, -0.25) is 0 Å². The molecule has 0 amide bonds. The van der Waals surface area contributed by atoms with Gasteiger partial charge >= 0.3 is 0 Å². The van der Waals surface area contributed by atoms with Crippen LogP contribution in [0.2, 0.25) is 0 Å². The monoisotopic (exact) mass is 156 g/mol. The summed E-state index contributed by atoms with van der Waals surface area (Å²) in [7, 11) is 0. The third-order valence-electron chi connectivity index (χ3n) is 2.98. The normalized spacial score (nSPS) is 27.3. The molecule has 2 fully saturated rings. The molecule has 0 saturated carbocycles. The minimum absolute atomic E-state index is 0. The van der Waals surface area contributed by atoms with Crippen molar-refractivity contribution in [1.82, 2.24) is 11.1 Å². The molecule has 2 heteroatoms. The van der Waals surface area contributed by atoms with Crippen LogP contribution in [0.25, 0.3) is 0 Å². The summed E-state index contributed by atoms with van der Waals surface area (Å²) in [6.07, 6.45) is 8.86. The maximum atomic E-state index is 2.70. The number of rotatable bonds is 0. The van der Waals surface area contributed by atoms with E-state index in [-0.39, 0.29) is 6.15 Å². The Morgan fingerprint density at radius 1 is 0.818 bits per heavy atom. The minimum Gasteiger partial charge on any atom is -0.344 e. The first kappa shape index (κ1) is 9.01. The summed E-state index contributed by atoms with van der Waals surface area (Å²) in [5.41, 5.74) is 0. The van der Waals surface area contributed by atoms with Gasteiger partial charge in [0.15, 0.2) is 0 Å². The highest BCUT2D eigenvalue weighted by molar-refractivity contribution is 4.80. The Bertz CT molecular complexity index is 88.1. The Hall–Kier alpha value is -0.0800. The lowest BCUT2D eigenvalue weighted by Crippen LogP contribution is -2.42. The Morgan fingerprint density at radius 3 is 1.82 bits per heavy atom. The first-order valence-corrected chi connectivity index (χ1v) is 4.71. The van der Waals surface area contributed by atoms with Crippen LogP contribution < -0.4 is 6.15 Å². The lowest BCUT2D eigenvalue weighted by molar-refractivity contribution is 0.109. The summed E-state index contributed by atoms with van der Waals surface area (Å²) in [6, 6.07) is 0.988. The van der Waals surface area contributed by atoms with Crippen molar-refractivity contribution >= 4 is 0 Å². The van der Waals surface area contributed by atoms with Crippen molar-refractivity contribution in [2.45, 2.75) is 44.6 Å². The standard InChI is InChI=1S/C9H17N.H3N/c1-3-7-10-8-4-2-6-9(10)5-1;/h9H,1-8H2;1H3. The lowest BCUT2D eigenvalue weighted by Gasteiger charge is -2.39. The largest absolute Gasteiger partial charge is 0.344 e.